The molecule has 5 heteroatoms. The van der Waals surface area contributed by atoms with Gasteiger partial charge in [0.15, 0.2) is 0 Å². The molecule has 5 nitrogen and oxygen atoms in total. The number of carbonyl (C=O) groups is 1. The molecular weight excluding hydrogens is 618 g/mol. The first-order valence-corrected chi connectivity index (χ1v) is 21.9. The molecule has 0 aliphatic carbocycles. The average molecular weight is 706 g/mol. The van der Waals surface area contributed by atoms with Gasteiger partial charge in [-0.3, -0.25) is 4.79 Å². The largest absolute Gasteiger partial charge is 0.463 e. The summed E-state index contributed by atoms with van der Waals surface area (Å²) in [4.78, 5) is 14.4. The van der Waals surface area contributed by atoms with E-state index in [1.807, 2.05) is 14.1 Å². The summed E-state index contributed by atoms with van der Waals surface area (Å²) in [5.41, 5.74) is 0. The Morgan fingerprint density at radius 1 is 0.500 bits per heavy atom. The van der Waals surface area contributed by atoms with E-state index in [-0.39, 0.29) is 12.1 Å². The lowest BCUT2D eigenvalue weighted by Crippen LogP contribution is -2.28. The van der Waals surface area contributed by atoms with E-state index in [1.54, 1.807) is 0 Å². The van der Waals surface area contributed by atoms with E-state index in [2.05, 4.69) is 43.1 Å². The van der Waals surface area contributed by atoms with Gasteiger partial charge in [-0.25, -0.2) is 0 Å². The summed E-state index contributed by atoms with van der Waals surface area (Å²) in [5, 5.41) is 0. The molecule has 0 heterocycles. The Morgan fingerprint density at radius 2 is 0.900 bits per heavy atom. The standard InChI is InChI=1S/C45H87NO4/c1-5-7-9-11-13-15-17-19-21-23-25-27-29-31-33-35-40-48-42-44(43-50-45(47)38-37-39-46(3)4)49-41-36-34-32-30-28-26-24-22-20-18-16-14-12-10-8-6-2/h19-22,44H,5-18,23-43H2,1-4H3. The third kappa shape index (κ3) is 41.3. The van der Waals surface area contributed by atoms with Gasteiger partial charge in [-0.1, -0.05) is 154 Å². The van der Waals surface area contributed by atoms with Gasteiger partial charge < -0.3 is 19.1 Å². The van der Waals surface area contributed by atoms with E-state index in [0.717, 1.165) is 32.4 Å². The first-order valence-electron chi connectivity index (χ1n) is 21.9. The van der Waals surface area contributed by atoms with Gasteiger partial charge >= 0.3 is 5.97 Å². The molecule has 0 aromatic rings. The summed E-state index contributed by atoms with van der Waals surface area (Å²) in [7, 11) is 4.05. The van der Waals surface area contributed by atoms with Crippen molar-refractivity contribution in [3.63, 3.8) is 0 Å². The maximum absolute atomic E-state index is 12.3. The molecule has 0 aromatic heterocycles. The third-order valence-electron chi connectivity index (χ3n) is 9.53. The average Bonchev–Trinajstić information content (AvgIpc) is 3.10. The number of ether oxygens (including phenoxy) is 3. The highest BCUT2D eigenvalue weighted by atomic mass is 16.6. The van der Waals surface area contributed by atoms with Crippen molar-refractivity contribution in [3.05, 3.63) is 24.3 Å². The van der Waals surface area contributed by atoms with Crippen LogP contribution in [0.2, 0.25) is 0 Å². The molecular formula is C45H87NO4. The normalized spacial score (nSPS) is 12.6. The summed E-state index contributed by atoms with van der Waals surface area (Å²) < 4.78 is 17.8. The molecule has 0 saturated carbocycles. The van der Waals surface area contributed by atoms with Crippen LogP contribution in [0.5, 0.6) is 0 Å². The Kier molecular flexibility index (Phi) is 41.3. The number of rotatable bonds is 41. The zero-order valence-electron chi connectivity index (χ0n) is 34.2. The minimum absolute atomic E-state index is 0.133. The summed E-state index contributed by atoms with van der Waals surface area (Å²) >= 11 is 0. The van der Waals surface area contributed by atoms with Crippen molar-refractivity contribution in [1.29, 1.82) is 0 Å². The van der Waals surface area contributed by atoms with Crippen LogP contribution in [-0.2, 0) is 19.0 Å². The molecule has 1 atom stereocenters. The number of nitrogens with zero attached hydrogens (tertiary/aromatic N) is 1. The molecule has 50 heavy (non-hydrogen) atoms. The zero-order valence-corrected chi connectivity index (χ0v) is 34.2. The van der Waals surface area contributed by atoms with Crippen molar-refractivity contribution in [2.75, 3.05) is 47.1 Å². The molecule has 0 amide bonds. The minimum atomic E-state index is -0.176. The van der Waals surface area contributed by atoms with Gasteiger partial charge in [-0.2, -0.15) is 0 Å². The second kappa shape index (κ2) is 42.2. The Balaban J connectivity index is 3.94. The van der Waals surface area contributed by atoms with Crippen molar-refractivity contribution in [2.24, 2.45) is 0 Å². The lowest BCUT2D eigenvalue weighted by molar-refractivity contribution is -0.150. The zero-order chi connectivity index (χ0) is 36.4. The van der Waals surface area contributed by atoms with Crippen LogP contribution in [0, 0.1) is 0 Å². The van der Waals surface area contributed by atoms with Crippen LogP contribution >= 0.6 is 0 Å². The van der Waals surface area contributed by atoms with Crippen LogP contribution in [0.25, 0.3) is 0 Å². The highest BCUT2D eigenvalue weighted by Crippen LogP contribution is 2.12. The predicted octanol–water partition coefficient (Wildman–Crippen LogP) is 13.3. The number of hydrogen-bond donors (Lipinski definition) is 0. The molecule has 0 fully saturated rings. The number of allylic oxidation sites excluding steroid dienone is 4. The van der Waals surface area contributed by atoms with Crippen LogP contribution < -0.4 is 0 Å². The van der Waals surface area contributed by atoms with Crippen LogP contribution in [-0.4, -0.2) is 64.0 Å². The van der Waals surface area contributed by atoms with Gasteiger partial charge in [0.2, 0.25) is 0 Å². The van der Waals surface area contributed by atoms with E-state index in [4.69, 9.17) is 14.2 Å². The van der Waals surface area contributed by atoms with Crippen molar-refractivity contribution in [3.8, 4) is 0 Å². The summed E-state index contributed by atoms with van der Waals surface area (Å²) in [6, 6.07) is 0. The first kappa shape index (κ1) is 48.8. The molecule has 296 valence electrons. The SMILES string of the molecule is CCCCCCCCC=CCCCCCCCCOCC(COC(=O)CCCN(C)C)OCCCCCCCCC=CCCCCCCCC. The number of hydrogen-bond acceptors (Lipinski definition) is 5. The molecule has 0 N–H and O–H groups in total. The topological polar surface area (TPSA) is 48.0 Å². The molecule has 1 unspecified atom stereocenters. The van der Waals surface area contributed by atoms with E-state index < -0.39 is 0 Å². The Morgan fingerprint density at radius 3 is 1.34 bits per heavy atom. The lowest BCUT2D eigenvalue weighted by Gasteiger charge is -2.18. The highest BCUT2D eigenvalue weighted by molar-refractivity contribution is 5.69. The van der Waals surface area contributed by atoms with E-state index in [1.165, 1.54) is 167 Å². The molecule has 0 rings (SSSR count). The van der Waals surface area contributed by atoms with Crippen LogP contribution in [0.3, 0.4) is 0 Å². The fourth-order valence-corrected chi connectivity index (χ4v) is 6.21. The summed E-state index contributed by atoms with van der Waals surface area (Å²) in [6.45, 7) is 7.72. The van der Waals surface area contributed by atoms with Crippen molar-refractivity contribution < 1.29 is 19.0 Å². The lowest BCUT2D eigenvalue weighted by atomic mass is 10.1. The van der Waals surface area contributed by atoms with Gasteiger partial charge in [-0.05, 0) is 91.3 Å². The van der Waals surface area contributed by atoms with Crippen LogP contribution in [0.15, 0.2) is 24.3 Å². The molecule has 0 bridgehead atoms. The fraction of sp³-hybridized carbons (Fsp3) is 0.889. The molecule has 0 saturated heterocycles. The van der Waals surface area contributed by atoms with Gasteiger partial charge in [0.25, 0.3) is 0 Å². The van der Waals surface area contributed by atoms with E-state index >= 15 is 0 Å². The Labute approximate surface area is 313 Å². The van der Waals surface area contributed by atoms with E-state index in [9.17, 15) is 4.79 Å². The summed E-state index contributed by atoms with van der Waals surface area (Å²) in [6.07, 6.45) is 47.3. The van der Waals surface area contributed by atoms with Gasteiger partial charge in [0.05, 0.1) is 6.61 Å². The maximum Gasteiger partial charge on any atom is 0.305 e. The maximum atomic E-state index is 12.3. The molecule has 0 aromatic carbocycles. The molecule has 0 aliphatic heterocycles. The van der Waals surface area contributed by atoms with Crippen molar-refractivity contribution in [2.45, 2.75) is 213 Å². The fourth-order valence-electron chi connectivity index (χ4n) is 6.21. The quantitative estimate of drug-likeness (QED) is 0.0360. The molecule has 0 aliphatic rings. The van der Waals surface area contributed by atoms with Gasteiger partial charge in [-0.15, -0.1) is 0 Å². The second-order valence-electron chi connectivity index (χ2n) is 15.0. The minimum Gasteiger partial charge on any atom is -0.463 e. The predicted molar refractivity (Wildman–Crippen MR) is 218 cm³/mol. The smallest absolute Gasteiger partial charge is 0.305 e. The van der Waals surface area contributed by atoms with Gasteiger partial charge in [0, 0.05) is 19.6 Å². The number of carbonyl (C=O) groups excluding carboxylic acids is 1. The van der Waals surface area contributed by atoms with Crippen LogP contribution in [0.1, 0.15) is 206 Å². The molecule has 0 spiro atoms. The van der Waals surface area contributed by atoms with Crippen molar-refractivity contribution >= 4 is 5.97 Å². The van der Waals surface area contributed by atoms with E-state index in [0.29, 0.717) is 26.2 Å². The number of esters is 1. The summed E-state index contributed by atoms with van der Waals surface area (Å²) in [5.74, 6) is -0.133. The monoisotopic (exact) mass is 706 g/mol. The van der Waals surface area contributed by atoms with Crippen LogP contribution in [0.4, 0.5) is 0 Å². The first-order chi connectivity index (χ1) is 24.6. The van der Waals surface area contributed by atoms with Gasteiger partial charge in [0.1, 0.15) is 12.7 Å². The Bertz CT molecular complexity index is 722. The van der Waals surface area contributed by atoms with Crippen molar-refractivity contribution in [1.82, 2.24) is 4.90 Å². The Hall–Kier alpha value is -1.17. The highest BCUT2D eigenvalue weighted by Gasteiger charge is 2.13. The third-order valence-corrected chi connectivity index (χ3v) is 9.53. The second-order valence-corrected chi connectivity index (χ2v) is 15.0. The number of unbranched alkanes of at least 4 members (excludes halogenated alkanes) is 24. The molecule has 0 radical (unpaired) electrons.